The highest BCUT2D eigenvalue weighted by atomic mass is 32.2. The molecule has 3 aromatic rings. The van der Waals surface area contributed by atoms with Gasteiger partial charge in [-0.3, -0.25) is 9.52 Å². The lowest BCUT2D eigenvalue weighted by atomic mass is 10.1. The summed E-state index contributed by atoms with van der Waals surface area (Å²) in [7, 11) is -1.93. The van der Waals surface area contributed by atoms with Gasteiger partial charge in [-0.1, -0.05) is 31.5 Å². The molecular formula is C23H28N4O4S. The molecule has 0 bridgehead atoms. The van der Waals surface area contributed by atoms with E-state index in [2.05, 4.69) is 14.7 Å². The summed E-state index contributed by atoms with van der Waals surface area (Å²) in [5, 5.41) is 0. The van der Waals surface area contributed by atoms with Crippen molar-refractivity contribution in [3.8, 4) is 23.0 Å². The molecule has 0 spiro atoms. The number of aryl methyl sites for hydroxylation is 4. The number of anilines is 1. The summed E-state index contributed by atoms with van der Waals surface area (Å²) >= 11 is 0. The first-order valence-electron chi connectivity index (χ1n) is 10.4. The number of ether oxygens (including phenoxy) is 1. The zero-order chi connectivity index (χ0) is 23.5. The second kappa shape index (κ2) is 9.52. The van der Waals surface area contributed by atoms with Crippen molar-refractivity contribution in [3.63, 3.8) is 0 Å². The Balaban J connectivity index is 2.10. The predicted molar refractivity (Wildman–Crippen MR) is 126 cm³/mol. The molecule has 0 aliphatic rings. The van der Waals surface area contributed by atoms with E-state index < -0.39 is 10.0 Å². The minimum Gasteiger partial charge on any atom is -0.438 e. The largest absolute Gasteiger partial charge is 0.438 e. The van der Waals surface area contributed by atoms with Crippen molar-refractivity contribution in [1.82, 2.24) is 14.5 Å². The number of hydrogen-bond acceptors (Lipinski definition) is 6. The van der Waals surface area contributed by atoms with Gasteiger partial charge >= 0.3 is 0 Å². The van der Waals surface area contributed by atoms with Gasteiger partial charge in [0.2, 0.25) is 15.9 Å². The fraction of sp³-hybridized carbons (Fsp3) is 0.348. The fourth-order valence-corrected chi connectivity index (χ4v) is 4.46. The van der Waals surface area contributed by atoms with Crippen LogP contribution in [-0.4, -0.2) is 28.7 Å². The lowest BCUT2D eigenvalue weighted by molar-refractivity contribution is 0.456. The average Bonchev–Trinajstić information content (AvgIpc) is 2.72. The summed E-state index contributed by atoms with van der Waals surface area (Å²) in [6.07, 6.45) is 2.91. The van der Waals surface area contributed by atoms with Gasteiger partial charge < -0.3 is 9.30 Å². The third-order valence-electron chi connectivity index (χ3n) is 4.97. The maximum Gasteiger partial charge on any atom is 0.253 e. The van der Waals surface area contributed by atoms with Gasteiger partial charge in [0, 0.05) is 30.4 Å². The number of sulfonamides is 1. The van der Waals surface area contributed by atoms with Gasteiger partial charge in [0.1, 0.15) is 11.6 Å². The lowest BCUT2D eigenvalue weighted by Gasteiger charge is -2.14. The monoisotopic (exact) mass is 456 g/mol. The van der Waals surface area contributed by atoms with Crippen molar-refractivity contribution < 1.29 is 13.2 Å². The molecule has 0 aliphatic carbocycles. The summed E-state index contributed by atoms with van der Waals surface area (Å²) in [5.41, 5.74) is 2.82. The Morgan fingerprint density at radius 3 is 2.38 bits per heavy atom. The molecule has 8 nitrogen and oxygen atoms in total. The summed E-state index contributed by atoms with van der Waals surface area (Å²) in [6.45, 7) is 7.48. The van der Waals surface area contributed by atoms with Gasteiger partial charge in [-0.05, 0) is 44.4 Å². The standard InChI is InChI=1S/C23H28N4O4S/c1-6-7-11-32(29,30)26-19-13-20(31-21-15(2)9-8-10-16(21)3)25-22(24-19)18-12-17(4)23(28)27(5)14-18/h8-10,12-14H,6-7,11H2,1-5H3,(H,24,25,26). The van der Waals surface area contributed by atoms with Gasteiger partial charge in [-0.25, -0.2) is 13.4 Å². The van der Waals surface area contributed by atoms with E-state index in [9.17, 15) is 13.2 Å². The van der Waals surface area contributed by atoms with E-state index in [1.54, 1.807) is 26.2 Å². The van der Waals surface area contributed by atoms with Gasteiger partial charge in [0.15, 0.2) is 5.82 Å². The first-order chi connectivity index (χ1) is 15.1. The molecule has 0 amide bonds. The number of benzene rings is 1. The second-order valence-corrected chi connectivity index (χ2v) is 9.68. The molecule has 1 aromatic carbocycles. The maximum absolute atomic E-state index is 12.5. The van der Waals surface area contributed by atoms with Crippen LogP contribution in [0.3, 0.4) is 0 Å². The van der Waals surface area contributed by atoms with Crippen molar-refractivity contribution in [2.24, 2.45) is 7.05 Å². The van der Waals surface area contributed by atoms with Crippen molar-refractivity contribution in [2.75, 3.05) is 10.5 Å². The molecule has 0 saturated heterocycles. The van der Waals surface area contributed by atoms with Crippen LogP contribution in [-0.2, 0) is 17.1 Å². The van der Waals surface area contributed by atoms with Crippen LogP contribution in [0.25, 0.3) is 11.4 Å². The number of pyridine rings is 1. The molecule has 1 N–H and O–H groups in total. The lowest BCUT2D eigenvalue weighted by Crippen LogP contribution is -2.19. The molecular weight excluding hydrogens is 428 g/mol. The van der Waals surface area contributed by atoms with Gasteiger partial charge in [0.05, 0.1) is 5.75 Å². The highest BCUT2D eigenvalue weighted by Gasteiger charge is 2.16. The molecule has 3 rings (SSSR count). The molecule has 0 saturated carbocycles. The molecule has 32 heavy (non-hydrogen) atoms. The number of hydrogen-bond donors (Lipinski definition) is 1. The third-order valence-corrected chi connectivity index (χ3v) is 6.31. The Labute approximate surface area is 188 Å². The summed E-state index contributed by atoms with van der Waals surface area (Å²) in [5.74, 6) is 1.20. The molecule has 0 aliphatic heterocycles. The molecule has 2 heterocycles. The first-order valence-corrected chi connectivity index (χ1v) is 12.1. The molecule has 0 unspecified atom stereocenters. The smallest absolute Gasteiger partial charge is 0.253 e. The quantitative estimate of drug-likeness (QED) is 0.547. The molecule has 0 atom stereocenters. The van der Waals surface area contributed by atoms with Crippen LogP contribution in [0.15, 0.2) is 41.3 Å². The van der Waals surface area contributed by atoms with Crippen molar-refractivity contribution in [1.29, 1.82) is 0 Å². The Hall–Kier alpha value is -3.20. The Morgan fingerprint density at radius 1 is 1.06 bits per heavy atom. The minimum absolute atomic E-state index is 0.00508. The number of para-hydroxylation sites is 1. The minimum atomic E-state index is -3.58. The number of nitrogens with zero attached hydrogens (tertiary/aromatic N) is 3. The van der Waals surface area contributed by atoms with E-state index >= 15 is 0 Å². The Kier molecular flexibility index (Phi) is 6.98. The number of aromatic nitrogens is 3. The fourth-order valence-electron chi connectivity index (χ4n) is 3.27. The summed E-state index contributed by atoms with van der Waals surface area (Å²) in [6, 6.07) is 8.93. The Bertz CT molecular complexity index is 1250. The number of rotatable bonds is 8. The van der Waals surface area contributed by atoms with E-state index in [0.29, 0.717) is 23.3 Å². The molecule has 2 aromatic heterocycles. The molecule has 0 radical (unpaired) electrons. The highest BCUT2D eigenvalue weighted by molar-refractivity contribution is 7.92. The van der Waals surface area contributed by atoms with Crippen molar-refractivity contribution >= 4 is 15.8 Å². The highest BCUT2D eigenvalue weighted by Crippen LogP contribution is 2.30. The SMILES string of the molecule is CCCCS(=O)(=O)Nc1cc(Oc2c(C)cccc2C)nc(-c2cc(C)c(=O)n(C)c2)n1. The summed E-state index contributed by atoms with van der Waals surface area (Å²) in [4.78, 5) is 21.0. The van der Waals surface area contributed by atoms with E-state index in [0.717, 1.165) is 17.5 Å². The van der Waals surface area contributed by atoms with Crippen molar-refractivity contribution in [3.05, 3.63) is 63.6 Å². The van der Waals surface area contributed by atoms with Crippen LogP contribution in [0.5, 0.6) is 11.6 Å². The zero-order valence-corrected chi connectivity index (χ0v) is 19.8. The van der Waals surface area contributed by atoms with Crippen LogP contribution in [0.1, 0.15) is 36.5 Å². The van der Waals surface area contributed by atoms with Crippen LogP contribution in [0.4, 0.5) is 5.82 Å². The predicted octanol–water partition coefficient (Wildman–Crippen LogP) is 4.10. The van der Waals surface area contributed by atoms with Crippen LogP contribution in [0, 0.1) is 20.8 Å². The third kappa shape index (κ3) is 5.53. The van der Waals surface area contributed by atoms with Gasteiger partial charge in [-0.15, -0.1) is 0 Å². The molecule has 9 heteroatoms. The van der Waals surface area contributed by atoms with E-state index in [-0.39, 0.29) is 28.8 Å². The van der Waals surface area contributed by atoms with Crippen LogP contribution >= 0.6 is 0 Å². The zero-order valence-electron chi connectivity index (χ0n) is 19.0. The topological polar surface area (TPSA) is 103 Å². The van der Waals surface area contributed by atoms with E-state index in [1.807, 2.05) is 39.0 Å². The first kappa shape index (κ1) is 23.5. The Morgan fingerprint density at radius 2 is 1.75 bits per heavy atom. The normalized spacial score (nSPS) is 11.4. The summed E-state index contributed by atoms with van der Waals surface area (Å²) < 4.78 is 35.0. The van der Waals surface area contributed by atoms with E-state index in [1.165, 1.54) is 10.6 Å². The molecule has 170 valence electrons. The average molecular weight is 457 g/mol. The second-order valence-electron chi connectivity index (χ2n) is 7.84. The van der Waals surface area contributed by atoms with Crippen LogP contribution in [0.2, 0.25) is 0 Å². The van der Waals surface area contributed by atoms with Crippen molar-refractivity contribution in [2.45, 2.75) is 40.5 Å². The number of unbranched alkanes of at least 4 members (excludes halogenated alkanes) is 1. The maximum atomic E-state index is 12.5. The van der Waals surface area contributed by atoms with E-state index in [4.69, 9.17) is 4.74 Å². The van der Waals surface area contributed by atoms with Gasteiger partial charge in [0.25, 0.3) is 5.56 Å². The molecule has 0 fully saturated rings. The van der Waals surface area contributed by atoms with Gasteiger partial charge in [-0.2, -0.15) is 4.98 Å². The number of nitrogens with one attached hydrogen (secondary N) is 1. The van der Waals surface area contributed by atoms with Crippen LogP contribution < -0.4 is 15.0 Å².